The maximum atomic E-state index is 12.3. The molecule has 3 rings (SSSR count). The molecule has 0 bridgehead atoms. The lowest BCUT2D eigenvalue weighted by molar-refractivity contribution is -0.131. The van der Waals surface area contributed by atoms with Crippen LogP contribution in [-0.4, -0.2) is 68.1 Å². The monoisotopic (exact) mass is 365 g/mol. The zero-order valence-electron chi connectivity index (χ0n) is 14.3. The lowest BCUT2D eigenvalue weighted by atomic mass is 10.2. The molecule has 25 heavy (non-hydrogen) atoms. The smallest absolute Gasteiger partial charge is 0.339 e. The Kier molecular flexibility index (Phi) is 5.10. The molecular weight excluding hydrogens is 342 g/mol. The fraction of sp³-hybridized carbons (Fsp3) is 0.529. The second-order valence-corrected chi connectivity index (χ2v) is 8.46. The second-order valence-electron chi connectivity index (χ2n) is 6.61. The van der Waals surface area contributed by atoms with Gasteiger partial charge in [0.05, 0.1) is 11.4 Å². The minimum Gasteiger partial charge on any atom is -0.339 e. The standard InChI is InChI=1S/C17H23N3O4S/c1-13-3-2-4-15(11-13)25(23,24)17(22)18-12-16(21)20-9-7-19(8-10-20)14-5-6-14/h2-4,11,14H,5-10,12H2,1H3,(H,18,22). The van der Waals surface area contributed by atoms with Gasteiger partial charge in [-0.05, 0) is 37.5 Å². The normalized spacial score (nSPS) is 18.8. The highest BCUT2D eigenvalue weighted by atomic mass is 32.2. The molecule has 8 heteroatoms. The third-order valence-electron chi connectivity index (χ3n) is 4.66. The minimum absolute atomic E-state index is 0.0597. The first-order valence-electron chi connectivity index (χ1n) is 8.49. The molecule has 1 aromatic rings. The summed E-state index contributed by atoms with van der Waals surface area (Å²) in [5.41, 5.74) is 0.749. The molecule has 2 amide bonds. The van der Waals surface area contributed by atoms with Crippen molar-refractivity contribution < 1.29 is 18.0 Å². The van der Waals surface area contributed by atoms with Gasteiger partial charge in [-0.1, -0.05) is 12.1 Å². The lowest BCUT2D eigenvalue weighted by Crippen LogP contribution is -2.51. The van der Waals surface area contributed by atoms with Gasteiger partial charge in [-0.2, -0.15) is 0 Å². The van der Waals surface area contributed by atoms with Crippen LogP contribution in [0.4, 0.5) is 4.79 Å². The number of rotatable bonds is 4. The molecule has 1 saturated carbocycles. The molecule has 0 unspecified atom stereocenters. The number of hydrogen-bond donors (Lipinski definition) is 1. The summed E-state index contributed by atoms with van der Waals surface area (Å²) in [4.78, 5) is 28.2. The Morgan fingerprint density at radius 1 is 1.16 bits per heavy atom. The molecule has 1 heterocycles. The van der Waals surface area contributed by atoms with Crippen molar-refractivity contribution in [2.75, 3.05) is 32.7 Å². The predicted octanol–water partition coefficient (Wildman–Crippen LogP) is 0.785. The fourth-order valence-corrected chi connectivity index (χ4v) is 4.10. The third-order valence-corrected chi connectivity index (χ3v) is 6.17. The molecule has 1 saturated heterocycles. The van der Waals surface area contributed by atoms with E-state index in [1.807, 2.05) is 0 Å². The van der Waals surface area contributed by atoms with Crippen molar-refractivity contribution in [1.29, 1.82) is 0 Å². The molecule has 0 atom stereocenters. The number of carbonyl (C=O) groups excluding carboxylic acids is 2. The van der Waals surface area contributed by atoms with Gasteiger partial charge in [0.1, 0.15) is 0 Å². The quantitative estimate of drug-likeness (QED) is 0.852. The first kappa shape index (κ1) is 17.9. The molecule has 7 nitrogen and oxygen atoms in total. The average molecular weight is 365 g/mol. The van der Waals surface area contributed by atoms with E-state index in [4.69, 9.17) is 0 Å². The summed E-state index contributed by atoms with van der Waals surface area (Å²) in [5.74, 6) is -0.247. The van der Waals surface area contributed by atoms with Gasteiger partial charge in [-0.3, -0.25) is 14.5 Å². The summed E-state index contributed by atoms with van der Waals surface area (Å²) in [7, 11) is -4.13. The van der Waals surface area contributed by atoms with Crippen LogP contribution in [0.25, 0.3) is 0 Å². The van der Waals surface area contributed by atoms with E-state index in [1.165, 1.54) is 25.0 Å². The number of aryl methyl sites for hydroxylation is 1. The Labute approximate surface area is 147 Å². The number of nitrogens with one attached hydrogen (secondary N) is 1. The lowest BCUT2D eigenvalue weighted by Gasteiger charge is -2.34. The Morgan fingerprint density at radius 3 is 2.44 bits per heavy atom. The van der Waals surface area contributed by atoms with Gasteiger partial charge in [-0.15, -0.1) is 0 Å². The van der Waals surface area contributed by atoms with E-state index in [-0.39, 0.29) is 17.3 Å². The van der Waals surface area contributed by atoms with Crippen LogP contribution < -0.4 is 5.32 Å². The van der Waals surface area contributed by atoms with Gasteiger partial charge in [0, 0.05) is 32.2 Å². The molecule has 136 valence electrons. The number of benzene rings is 1. The Morgan fingerprint density at radius 2 is 1.84 bits per heavy atom. The fourth-order valence-electron chi connectivity index (χ4n) is 3.02. The van der Waals surface area contributed by atoms with E-state index in [2.05, 4.69) is 10.2 Å². The number of hydrogen-bond acceptors (Lipinski definition) is 5. The third kappa shape index (κ3) is 4.19. The number of sulfone groups is 1. The molecule has 1 N–H and O–H groups in total. The summed E-state index contributed by atoms with van der Waals surface area (Å²) in [6.45, 7) is 4.37. The van der Waals surface area contributed by atoms with E-state index < -0.39 is 15.1 Å². The highest BCUT2D eigenvalue weighted by molar-refractivity contribution is 8.06. The Hall–Kier alpha value is -1.93. The van der Waals surface area contributed by atoms with Crippen LogP contribution in [0.3, 0.4) is 0 Å². The molecule has 0 spiro atoms. The van der Waals surface area contributed by atoms with Gasteiger partial charge in [0.15, 0.2) is 0 Å². The SMILES string of the molecule is Cc1cccc(S(=O)(=O)C(=O)NCC(=O)N2CCN(C3CC3)CC2)c1. The molecule has 0 aromatic heterocycles. The van der Waals surface area contributed by atoms with E-state index >= 15 is 0 Å². The average Bonchev–Trinajstić information content (AvgIpc) is 3.44. The summed E-state index contributed by atoms with van der Waals surface area (Å²) < 4.78 is 24.5. The van der Waals surface area contributed by atoms with Crippen molar-refractivity contribution >= 4 is 21.0 Å². The molecular formula is C17H23N3O4S. The second kappa shape index (κ2) is 7.13. The minimum atomic E-state index is -4.13. The molecule has 2 aliphatic rings. The molecule has 1 aromatic carbocycles. The molecule has 0 radical (unpaired) electrons. The van der Waals surface area contributed by atoms with Crippen molar-refractivity contribution in [3.63, 3.8) is 0 Å². The first-order valence-corrected chi connectivity index (χ1v) is 9.97. The van der Waals surface area contributed by atoms with Crippen molar-refractivity contribution in [3.8, 4) is 0 Å². The highest BCUT2D eigenvalue weighted by Gasteiger charge is 2.32. The molecule has 1 aliphatic heterocycles. The summed E-state index contributed by atoms with van der Waals surface area (Å²) in [6.07, 6.45) is 2.47. The van der Waals surface area contributed by atoms with E-state index in [0.717, 1.165) is 18.7 Å². The van der Waals surface area contributed by atoms with Crippen LogP contribution in [0.15, 0.2) is 29.2 Å². The maximum absolute atomic E-state index is 12.3. The first-order chi connectivity index (χ1) is 11.9. The number of nitrogens with zero attached hydrogens (tertiary/aromatic N) is 2. The summed E-state index contributed by atoms with van der Waals surface area (Å²) >= 11 is 0. The van der Waals surface area contributed by atoms with Crippen molar-refractivity contribution in [2.45, 2.75) is 30.7 Å². The highest BCUT2D eigenvalue weighted by Crippen LogP contribution is 2.27. The van der Waals surface area contributed by atoms with Crippen molar-refractivity contribution in [2.24, 2.45) is 0 Å². The topological polar surface area (TPSA) is 86.8 Å². The number of carbonyl (C=O) groups is 2. The maximum Gasteiger partial charge on any atom is 0.341 e. The van der Waals surface area contributed by atoms with E-state index in [0.29, 0.717) is 19.1 Å². The number of piperazine rings is 1. The van der Waals surface area contributed by atoms with Gasteiger partial charge in [-0.25, -0.2) is 8.42 Å². The van der Waals surface area contributed by atoms with Gasteiger partial charge < -0.3 is 10.2 Å². The van der Waals surface area contributed by atoms with Gasteiger partial charge in [0.2, 0.25) is 5.91 Å². The van der Waals surface area contributed by atoms with E-state index in [9.17, 15) is 18.0 Å². The Bertz CT molecular complexity index is 766. The molecule has 1 aliphatic carbocycles. The summed E-state index contributed by atoms with van der Waals surface area (Å²) in [5, 5.41) is 1.12. The Balaban J connectivity index is 1.52. The van der Waals surface area contributed by atoms with Crippen LogP contribution >= 0.6 is 0 Å². The predicted molar refractivity (Wildman–Crippen MR) is 92.9 cm³/mol. The van der Waals surface area contributed by atoms with Crippen molar-refractivity contribution in [3.05, 3.63) is 29.8 Å². The van der Waals surface area contributed by atoms with Crippen LogP contribution in [-0.2, 0) is 14.6 Å². The zero-order chi connectivity index (χ0) is 18.0. The largest absolute Gasteiger partial charge is 0.341 e. The van der Waals surface area contributed by atoms with Crippen LogP contribution in [0.1, 0.15) is 18.4 Å². The van der Waals surface area contributed by atoms with E-state index in [1.54, 1.807) is 24.0 Å². The van der Waals surface area contributed by atoms with Crippen LogP contribution in [0, 0.1) is 6.92 Å². The van der Waals surface area contributed by atoms with Gasteiger partial charge >= 0.3 is 5.24 Å². The zero-order valence-corrected chi connectivity index (χ0v) is 15.1. The van der Waals surface area contributed by atoms with Crippen LogP contribution in [0.2, 0.25) is 0 Å². The molecule has 2 fully saturated rings. The summed E-state index contributed by atoms with van der Waals surface area (Å²) in [6, 6.07) is 6.83. The van der Waals surface area contributed by atoms with Crippen molar-refractivity contribution in [1.82, 2.24) is 15.1 Å². The van der Waals surface area contributed by atoms with Crippen LogP contribution in [0.5, 0.6) is 0 Å². The van der Waals surface area contributed by atoms with Gasteiger partial charge in [0.25, 0.3) is 9.84 Å². The number of amides is 2.